The van der Waals surface area contributed by atoms with Gasteiger partial charge in [0, 0.05) is 13.7 Å². The van der Waals surface area contributed by atoms with Crippen LogP contribution in [0.15, 0.2) is 12.2 Å². The van der Waals surface area contributed by atoms with Crippen molar-refractivity contribution in [1.29, 1.82) is 0 Å². The van der Waals surface area contributed by atoms with Crippen molar-refractivity contribution in [2.75, 3.05) is 20.3 Å². The molecular weight excluding hydrogens is 152 g/mol. The number of rotatable bonds is 7. The van der Waals surface area contributed by atoms with Crippen LogP contribution in [-0.2, 0) is 9.47 Å². The summed E-state index contributed by atoms with van der Waals surface area (Å²) in [6.45, 7) is 9.28. The summed E-state index contributed by atoms with van der Waals surface area (Å²) in [6.07, 6.45) is 2.47. The van der Waals surface area contributed by atoms with Gasteiger partial charge in [-0.3, -0.25) is 0 Å². The lowest BCUT2D eigenvalue weighted by molar-refractivity contribution is 0.0908. The Morgan fingerprint density at radius 2 is 2.17 bits per heavy atom. The molecular formula is C10H20O2. The molecule has 12 heavy (non-hydrogen) atoms. The van der Waals surface area contributed by atoms with Crippen LogP contribution in [0.1, 0.15) is 26.7 Å². The molecule has 0 aliphatic rings. The molecule has 0 aromatic carbocycles. The van der Waals surface area contributed by atoms with E-state index in [1.54, 1.807) is 7.11 Å². The Bertz CT molecular complexity index is 121. The Morgan fingerprint density at radius 1 is 1.50 bits per heavy atom. The van der Waals surface area contributed by atoms with Gasteiger partial charge in [-0.2, -0.15) is 0 Å². The van der Waals surface area contributed by atoms with Gasteiger partial charge in [-0.25, -0.2) is 0 Å². The van der Waals surface area contributed by atoms with E-state index < -0.39 is 0 Å². The van der Waals surface area contributed by atoms with Crippen molar-refractivity contribution in [3.8, 4) is 0 Å². The summed E-state index contributed by atoms with van der Waals surface area (Å²) in [5, 5.41) is 0. The maximum atomic E-state index is 5.33. The zero-order chi connectivity index (χ0) is 9.40. The zero-order valence-corrected chi connectivity index (χ0v) is 8.43. The molecule has 1 atom stereocenters. The predicted molar refractivity (Wildman–Crippen MR) is 51.3 cm³/mol. The maximum absolute atomic E-state index is 5.33. The van der Waals surface area contributed by atoms with Crippen LogP contribution >= 0.6 is 0 Å². The van der Waals surface area contributed by atoms with Gasteiger partial charge in [-0.05, 0) is 26.7 Å². The van der Waals surface area contributed by atoms with Crippen LogP contribution in [0.5, 0.6) is 0 Å². The number of hydrogen-bond donors (Lipinski definition) is 0. The highest BCUT2D eigenvalue weighted by atomic mass is 16.5. The maximum Gasteiger partial charge on any atom is 0.0671 e. The van der Waals surface area contributed by atoms with Crippen molar-refractivity contribution in [2.45, 2.75) is 32.8 Å². The van der Waals surface area contributed by atoms with Gasteiger partial charge < -0.3 is 9.47 Å². The lowest BCUT2D eigenvalue weighted by Crippen LogP contribution is -2.06. The van der Waals surface area contributed by atoms with Crippen LogP contribution in [0.3, 0.4) is 0 Å². The third-order valence-electron chi connectivity index (χ3n) is 1.65. The van der Waals surface area contributed by atoms with Crippen LogP contribution in [-0.4, -0.2) is 26.4 Å². The van der Waals surface area contributed by atoms with E-state index >= 15 is 0 Å². The Hall–Kier alpha value is -0.340. The minimum atomic E-state index is 0.346. The average Bonchev–Trinajstić information content (AvgIpc) is 2.03. The second kappa shape index (κ2) is 7.32. The molecule has 0 radical (unpaired) electrons. The van der Waals surface area contributed by atoms with Gasteiger partial charge >= 0.3 is 0 Å². The highest BCUT2D eigenvalue weighted by Crippen LogP contribution is 2.00. The van der Waals surface area contributed by atoms with E-state index in [-0.39, 0.29) is 0 Å². The van der Waals surface area contributed by atoms with Gasteiger partial charge in [0.2, 0.25) is 0 Å². The van der Waals surface area contributed by atoms with Gasteiger partial charge in [0.1, 0.15) is 0 Å². The molecule has 0 aliphatic heterocycles. The summed E-state index contributed by atoms with van der Waals surface area (Å²) < 4.78 is 10.4. The fraction of sp³-hybridized carbons (Fsp3) is 0.800. The fourth-order valence-electron chi connectivity index (χ4n) is 0.837. The van der Waals surface area contributed by atoms with Crippen LogP contribution in [0.4, 0.5) is 0 Å². The molecule has 72 valence electrons. The van der Waals surface area contributed by atoms with E-state index in [2.05, 4.69) is 13.5 Å². The Morgan fingerprint density at radius 3 is 2.67 bits per heavy atom. The van der Waals surface area contributed by atoms with Gasteiger partial charge in [-0.15, -0.1) is 0 Å². The number of hydrogen-bond acceptors (Lipinski definition) is 2. The van der Waals surface area contributed by atoms with E-state index in [0.29, 0.717) is 12.7 Å². The standard InChI is InChI=1S/C10H20O2/c1-9(2)8-12-7-5-6-10(3)11-4/h10H,1,5-8H2,2-4H3. The lowest BCUT2D eigenvalue weighted by Gasteiger charge is -2.08. The summed E-state index contributed by atoms with van der Waals surface area (Å²) in [4.78, 5) is 0. The average molecular weight is 172 g/mol. The third-order valence-corrected chi connectivity index (χ3v) is 1.65. The largest absolute Gasteiger partial charge is 0.382 e. The van der Waals surface area contributed by atoms with E-state index in [1.165, 1.54) is 0 Å². The molecule has 0 aromatic rings. The zero-order valence-electron chi connectivity index (χ0n) is 8.43. The summed E-state index contributed by atoms with van der Waals surface area (Å²) in [7, 11) is 1.74. The van der Waals surface area contributed by atoms with Crippen molar-refractivity contribution in [3.63, 3.8) is 0 Å². The van der Waals surface area contributed by atoms with Crippen molar-refractivity contribution < 1.29 is 9.47 Å². The first-order valence-electron chi connectivity index (χ1n) is 4.41. The molecule has 0 spiro atoms. The monoisotopic (exact) mass is 172 g/mol. The number of methoxy groups -OCH3 is 1. The Kier molecular flexibility index (Phi) is 7.11. The second-order valence-corrected chi connectivity index (χ2v) is 3.20. The first-order chi connectivity index (χ1) is 5.66. The van der Waals surface area contributed by atoms with Crippen LogP contribution in [0.25, 0.3) is 0 Å². The minimum Gasteiger partial charge on any atom is -0.382 e. The van der Waals surface area contributed by atoms with Crippen molar-refractivity contribution in [2.24, 2.45) is 0 Å². The topological polar surface area (TPSA) is 18.5 Å². The molecule has 0 rings (SSSR count). The molecule has 0 bridgehead atoms. The van der Waals surface area contributed by atoms with Crippen LogP contribution < -0.4 is 0 Å². The third kappa shape index (κ3) is 7.76. The molecule has 0 saturated carbocycles. The molecule has 0 fully saturated rings. The van der Waals surface area contributed by atoms with Crippen LogP contribution in [0, 0.1) is 0 Å². The van der Waals surface area contributed by atoms with E-state index in [4.69, 9.17) is 9.47 Å². The van der Waals surface area contributed by atoms with E-state index in [0.717, 1.165) is 25.0 Å². The van der Waals surface area contributed by atoms with Gasteiger partial charge in [0.05, 0.1) is 12.7 Å². The lowest BCUT2D eigenvalue weighted by atomic mass is 10.2. The minimum absolute atomic E-state index is 0.346. The molecule has 0 saturated heterocycles. The smallest absolute Gasteiger partial charge is 0.0671 e. The Labute approximate surface area is 75.6 Å². The first-order valence-corrected chi connectivity index (χ1v) is 4.41. The highest BCUT2D eigenvalue weighted by Gasteiger charge is 1.97. The highest BCUT2D eigenvalue weighted by molar-refractivity contribution is 4.87. The first kappa shape index (κ1) is 11.7. The molecule has 0 aliphatic carbocycles. The molecule has 2 nitrogen and oxygen atoms in total. The van der Waals surface area contributed by atoms with Gasteiger partial charge in [0.15, 0.2) is 0 Å². The molecule has 2 heteroatoms. The number of ether oxygens (including phenoxy) is 2. The molecule has 1 unspecified atom stereocenters. The molecule has 0 amide bonds. The van der Waals surface area contributed by atoms with E-state index in [9.17, 15) is 0 Å². The molecule has 0 heterocycles. The molecule has 0 N–H and O–H groups in total. The normalized spacial score (nSPS) is 12.9. The SMILES string of the molecule is C=C(C)COCCCC(C)OC. The molecule has 0 aromatic heterocycles. The fourth-order valence-corrected chi connectivity index (χ4v) is 0.837. The van der Waals surface area contributed by atoms with E-state index in [1.807, 2.05) is 6.92 Å². The summed E-state index contributed by atoms with van der Waals surface area (Å²) >= 11 is 0. The summed E-state index contributed by atoms with van der Waals surface area (Å²) in [5.41, 5.74) is 1.08. The predicted octanol–water partition coefficient (Wildman–Crippen LogP) is 2.39. The van der Waals surface area contributed by atoms with Crippen molar-refractivity contribution in [3.05, 3.63) is 12.2 Å². The van der Waals surface area contributed by atoms with Gasteiger partial charge in [0.25, 0.3) is 0 Å². The Balaban J connectivity index is 3.05. The summed E-state index contributed by atoms with van der Waals surface area (Å²) in [6, 6.07) is 0. The van der Waals surface area contributed by atoms with Crippen molar-refractivity contribution >= 4 is 0 Å². The van der Waals surface area contributed by atoms with Gasteiger partial charge in [-0.1, -0.05) is 12.2 Å². The van der Waals surface area contributed by atoms with Crippen LogP contribution in [0.2, 0.25) is 0 Å². The quantitative estimate of drug-likeness (QED) is 0.433. The summed E-state index contributed by atoms with van der Waals surface area (Å²) in [5.74, 6) is 0. The second-order valence-electron chi connectivity index (χ2n) is 3.20. The van der Waals surface area contributed by atoms with Crippen molar-refractivity contribution in [1.82, 2.24) is 0 Å².